The molecule has 4 aliphatic carbocycles. The van der Waals surface area contributed by atoms with E-state index in [1.807, 2.05) is 36.4 Å². The Hall–Kier alpha value is -4.78. The molecule has 4 fully saturated rings. The lowest BCUT2D eigenvalue weighted by Gasteiger charge is -2.57. The molecule has 0 aromatic heterocycles. The highest BCUT2D eigenvalue weighted by Gasteiger charge is 2.52. The molecule has 0 radical (unpaired) electrons. The quantitative estimate of drug-likeness (QED) is 0.205. The van der Waals surface area contributed by atoms with Crippen molar-refractivity contribution in [3.05, 3.63) is 108 Å². The van der Waals surface area contributed by atoms with Crippen molar-refractivity contribution in [1.82, 2.24) is 0 Å². The van der Waals surface area contributed by atoms with E-state index in [0.717, 1.165) is 48.5 Å². The van der Waals surface area contributed by atoms with Gasteiger partial charge >= 0.3 is 11.9 Å². The van der Waals surface area contributed by atoms with Gasteiger partial charge in [0.05, 0.1) is 11.1 Å². The normalized spacial score (nSPS) is 23.5. The van der Waals surface area contributed by atoms with Gasteiger partial charge in [0.15, 0.2) is 0 Å². The van der Waals surface area contributed by atoms with E-state index >= 15 is 0 Å². The van der Waals surface area contributed by atoms with E-state index in [0.29, 0.717) is 23.0 Å². The van der Waals surface area contributed by atoms with E-state index in [2.05, 4.69) is 6.07 Å². The third kappa shape index (κ3) is 5.55. The van der Waals surface area contributed by atoms with E-state index in [-0.39, 0.29) is 16.5 Å². The van der Waals surface area contributed by atoms with E-state index in [4.69, 9.17) is 19.3 Å². The van der Waals surface area contributed by atoms with Crippen LogP contribution in [0.3, 0.4) is 0 Å². The lowest BCUT2D eigenvalue weighted by molar-refractivity contribution is -0.00605. The van der Waals surface area contributed by atoms with E-state index in [9.17, 15) is 14.7 Å². The fourth-order valence-electron chi connectivity index (χ4n) is 7.82. The van der Waals surface area contributed by atoms with Gasteiger partial charge in [0, 0.05) is 5.56 Å². The van der Waals surface area contributed by atoms with Gasteiger partial charge in [-0.3, -0.25) is 0 Å². The molecule has 4 aromatic rings. The van der Waals surface area contributed by atoms with Gasteiger partial charge in [-0.1, -0.05) is 0 Å². The zero-order valence-corrected chi connectivity index (χ0v) is 23.6. The van der Waals surface area contributed by atoms with Crippen LogP contribution in [0.5, 0.6) is 34.5 Å². The summed E-state index contributed by atoms with van der Waals surface area (Å²) in [6.07, 6.45) is 7.49. The first kappa shape index (κ1) is 27.1. The Morgan fingerprint density at radius 3 is 1.35 bits per heavy atom. The molecule has 2 N–H and O–H groups in total. The molecule has 4 aromatic carbocycles. The number of carboxylic acid groups (broad SMARTS) is 2. The predicted molar refractivity (Wildman–Crippen MR) is 160 cm³/mol. The molecule has 0 aliphatic heterocycles. The molecule has 4 aliphatic rings. The Morgan fingerprint density at radius 1 is 0.535 bits per heavy atom. The average Bonchev–Trinajstić information content (AvgIpc) is 2.99. The summed E-state index contributed by atoms with van der Waals surface area (Å²) in [5.41, 5.74) is 1.66. The molecule has 0 heterocycles. The Kier molecular flexibility index (Phi) is 6.80. The van der Waals surface area contributed by atoms with Crippen molar-refractivity contribution >= 4 is 11.9 Å². The minimum absolute atomic E-state index is 0.0539. The second-order valence-electron chi connectivity index (χ2n) is 12.3. The highest BCUT2D eigenvalue weighted by Crippen LogP contribution is 2.62. The van der Waals surface area contributed by atoms with Gasteiger partial charge in [-0.15, -0.1) is 0 Å². The molecule has 0 atom stereocenters. The van der Waals surface area contributed by atoms with Crippen molar-refractivity contribution in [3.63, 3.8) is 0 Å². The van der Waals surface area contributed by atoms with E-state index in [1.165, 1.54) is 37.0 Å². The summed E-state index contributed by atoms with van der Waals surface area (Å²) >= 11 is 0. The second kappa shape index (κ2) is 10.8. The minimum atomic E-state index is -0.978. The summed E-state index contributed by atoms with van der Waals surface area (Å²) in [7, 11) is 0. The molecule has 4 bridgehead atoms. The summed E-state index contributed by atoms with van der Waals surface area (Å²) < 4.78 is 18.6. The summed E-state index contributed by atoms with van der Waals surface area (Å²) in [6, 6.07) is 26.2. The Labute approximate surface area is 249 Å². The molecule has 0 saturated heterocycles. The monoisotopic (exact) mass is 576 g/mol. The standard InChI is InChI=1S/C36H32O7/c37-34(38)25-1-5-27(6-2-25)41-28-9-11-29(12-10-28)42-31-13-14-33(43-30-7-3-26(4-8-30)35(39)40)32(18-31)36-19-22-15-23(20-36)17-24(16-22)21-36/h1-14,18,22-24H,15-17,19-21H2,(H,37,38)(H,39,40). The first-order chi connectivity index (χ1) is 20.8. The largest absolute Gasteiger partial charge is 0.478 e. The Bertz CT molecular complexity index is 1620. The summed E-state index contributed by atoms with van der Waals surface area (Å²) in [6.45, 7) is 0. The van der Waals surface area contributed by atoms with Gasteiger partial charge in [0.25, 0.3) is 0 Å². The van der Waals surface area contributed by atoms with Crippen molar-refractivity contribution in [2.75, 3.05) is 0 Å². The number of carbonyl (C=O) groups is 2. The van der Waals surface area contributed by atoms with Gasteiger partial charge in [-0.25, -0.2) is 9.59 Å². The number of aromatic carboxylic acids is 2. The second-order valence-corrected chi connectivity index (χ2v) is 12.3. The van der Waals surface area contributed by atoms with Gasteiger partial charge < -0.3 is 24.4 Å². The molecule has 218 valence electrons. The molecule has 7 nitrogen and oxygen atoms in total. The SMILES string of the molecule is O=C(O)c1ccc(Oc2ccc(Oc3ccc(Oc4ccc(C(=O)O)cc4)c(C45CC6CC(CC(C6)C4)C5)c3)cc2)cc1. The highest BCUT2D eigenvalue weighted by molar-refractivity contribution is 5.88. The topological polar surface area (TPSA) is 102 Å². The fourth-order valence-corrected chi connectivity index (χ4v) is 7.82. The van der Waals surface area contributed by atoms with Crippen LogP contribution in [0.1, 0.15) is 64.8 Å². The van der Waals surface area contributed by atoms with Crippen LogP contribution < -0.4 is 14.2 Å². The van der Waals surface area contributed by atoms with E-state index in [1.54, 1.807) is 36.4 Å². The average molecular weight is 577 g/mol. The maximum atomic E-state index is 11.3. The Balaban J connectivity index is 1.14. The van der Waals surface area contributed by atoms with E-state index < -0.39 is 11.9 Å². The van der Waals surface area contributed by atoms with Gasteiger partial charge in [-0.05, 0) is 153 Å². The molecular formula is C36H32O7. The maximum absolute atomic E-state index is 11.3. The summed E-state index contributed by atoms with van der Waals surface area (Å²) in [5, 5.41) is 18.4. The van der Waals surface area contributed by atoms with Crippen molar-refractivity contribution in [1.29, 1.82) is 0 Å². The van der Waals surface area contributed by atoms with Crippen LogP contribution in [0, 0.1) is 17.8 Å². The molecular weight excluding hydrogens is 544 g/mol. The molecule has 0 spiro atoms. The van der Waals surface area contributed by atoms with Gasteiger partial charge in [0.2, 0.25) is 0 Å². The van der Waals surface area contributed by atoms with Crippen molar-refractivity contribution in [2.24, 2.45) is 17.8 Å². The van der Waals surface area contributed by atoms with Crippen LogP contribution in [0.25, 0.3) is 0 Å². The lowest BCUT2D eigenvalue weighted by Crippen LogP contribution is -2.48. The van der Waals surface area contributed by atoms with Gasteiger partial charge in [0.1, 0.15) is 34.5 Å². The lowest BCUT2D eigenvalue weighted by atomic mass is 9.48. The van der Waals surface area contributed by atoms with Crippen LogP contribution in [-0.4, -0.2) is 22.2 Å². The summed E-state index contributed by atoms with van der Waals surface area (Å²) in [4.78, 5) is 22.4. The molecule has 0 amide bonds. The smallest absolute Gasteiger partial charge is 0.335 e. The molecule has 0 unspecified atom stereocenters. The first-order valence-electron chi connectivity index (χ1n) is 14.8. The zero-order chi connectivity index (χ0) is 29.6. The van der Waals surface area contributed by atoms with Crippen LogP contribution >= 0.6 is 0 Å². The summed E-state index contributed by atoms with van der Waals surface area (Å²) in [5.74, 6) is 4.30. The predicted octanol–water partition coefficient (Wildman–Crippen LogP) is 8.93. The first-order valence-corrected chi connectivity index (χ1v) is 14.8. The van der Waals surface area contributed by atoms with Gasteiger partial charge in [-0.2, -0.15) is 0 Å². The van der Waals surface area contributed by atoms with Crippen LogP contribution in [0.15, 0.2) is 91.0 Å². The number of rotatable bonds is 9. The number of ether oxygens (including phenoxy) is 3. The molecule has 43 heavy (non-hydrogen) atoms. The number of carboxylic acids is 2. The zero-order valence-electron chi connectivity index (χ0n) is 23.6. The minimum Gasteiger partial charge on any atom is -0.478 e. The molecule has 8 rings (SSSR count). The van der Waals surface area contributed by atoms with Crippen molar-refractivity contribution in [3.8, 4) is 34.5 Å². The van der Waals surface area contributed by atoms with Crippen molar-refractivity contribution < 1.29 is 34.0 Å². The maximum Gasteiger partial charge on any atom is 0.335 e. The number of benzene rings is 4. The van der Waals surface area contributed by atoms with Crippen molar-refractivity contribution in [2.45, 2.75) is 43.9 Å². The fraction of sp³-hybridized carbons (Fsp3) is 0.278. The third-order valence-electron chi connectivity index (χ3n) is 9.29. The number of hydrogen-bond donors (Lipinski definition) is 2. The highest BCUT2D eigenvalue weighted by atomic mass is 16.5. The third-order valence-corrected chi connectivity index (χ3v) is 9.29. The molecule has 7 heteroatoms. The van der Waals surface area contributed by atoms with Crippen LogP contribution in [0.2, 0.25) is 0 Å². The Morgan fingerprint density at radius 2 is 0.907 bits per heavy atom. The van der Waals surface area contributed by atoms with Crippen LogP contribution in [0.4, 0.5) is 0 Å². The van der Waals surface area contributed by atoms with Crippen LogP contribution in [-0.2, 0) is 5.41 Å². The molecule has 4 saturated carbocycles. The number of hydrogen-bond acceptors (Lipinski definition) is 5.